The fraction of sp³-hybridized carbons (Fsp3) is 0.440. The molecule has 0 spiro atoms. The van der Waals surface area contributed by atoms with E-state index < -0.39 is 0 Å². The number of allylic oxidation sites excluding steroid dienone is 2. The number of guanidine groups is 1. The molecule has 1 heterocycles. The second-order valence-corrected chi connectivity index (χ2v) is 7.93. The van der Waals surface area contributed by atoms with Gasteiger partial charge in [0.05, 0.1) is 0 Å². The highest BCUT2D eigenvalue weighted by atomic mass is 19.1. The summed E-state index contributed by atoms with van der Waals surface area (Å²) in [5.41, 5.74) is 5.51. The molecule has 5 nitrogen and oxygen atoms in total. The number of nitrogens with zero attached hydrogens (tertiary/aromatic N) is 2. The molecule has 2 N–H and O–H groups in total. The topological polar surface area (TPSA) is 56.7 Å². The lowest BCUT2D eigenvalue weighted by Crippen LogP contribution is -2.44. The van der Waals surface area contributed by atoms with Crippen molar-refractivity contribution in [3.63, 3.8) is 0 Å². The van der Waals surface area contributed by atoms with Gasteiger partial charge in [0.25, 0.3) is 5.91 Å². The molecule has 31 heavy (non-hydrogen) atoms. The summed E-state index contributed by atoms with van der Waals surface area (Å²) in [5.74, 6) is 0.514. The number of amides is 1. The fourth-order valence-electron chi connectivity index (χ4n) is 4.20. The highest BCUT2D eigenvalue weighted by Gasteiger charge is 2.22. The number of carbonyl (C=O) groups excluding carboxylic acids is 1. The summed E-state index contributed by atoms with van der Waals surface area (Å²) in [6, 6.07) is 7.92. The molecule has 6 heteroatoms. The van der Waals surface area contributed by atoms with E-state index in [4.69, 9.17) is 0 Å². The highest BCUT2D eigenvalue weighted by molar-refractivity contribution is 6.07. The third kappa shape index (κ3) is 5.24. The molecule has 2 aliphatic rings. The van der Waals surface area contributed by atoms with Crippen molar-refractivity contribution in [3.8, 4) is 0 Å². The number of carbonyl (C=O) groups is 1. The summed E-state index contributed by atoms with van der Waals surface area (Å²) in [6.45, 7) is 8.72. The zero-order valence-corrected chi connectivity index (χ0v) is 19.0. The average molecular weight is 425 g/mol. The van der Waals surface area contributed by atoms with Crippen molar-refractivity contribution in [1.29, 1.82) is 0 Å². The molecule has 1 aromatic rings. The molecule has 0 bridgehead atoms. The molecule has 166 valence electrons. The van der Waals surface area contributed by atoms with Gasteiger partial charge in [-0.3, -0.25) is 9.79 Å². The fourth-order valence-corrected chi connectivity index (χ4v) is 4.20. The van der Waals surface area contributed by atoms with E-state index in [-0.39, 0.29) is 11.7 Å². The minimum atomic E-state index is -0.242. The van der Waals surface area contributed by atoms with Crippen molar-refractivity contribution in [2.24, 2.45) is 4.99 Å². The van der Waals surface area contributed by atoms with E-state index in [1.165, 1.54) is 11.1 Å². The van der Waals surface area contributed by atoms with Crippen LogP contribution in [0.1, 0.15) is 52.0 Å². The molecule has 0 unspecified atom stereocenters. The van der Waals surface area contributed by atoms with Crippen LogP contribution in [0, 0.1) is 0 Å². The maximum absolute atomic E-state index is 14.1. The summed E-state index contributed by atoms with van der Waals surface area (Å²) in [7, 11) is 1.81. The van der Waals surface area contributed by atoms with Crippen LogP contribution in [0.3, 0.4) is 0 Å². The lowest BCUT2D eigenvalue weighted by molar-refractivity contribution is -0.112. The van der Waals surface area contributed by atoms with Crippen LogP contribution < -0.4 is 10.6 Å². The number of aliphatic imine (C=N–C) groups is 1. The van der Waals surface area contributed by atoms with Gasteiger partial charge in [-0.15, -0.1) is 0 Å². The lowest BCUT2D eigenvalue weighted by Gasteiger charge is -2.32. The van der Waals surface area contributed by atoms with Crippen molar-refractivity contribution < 1.29 is 9.18 Å². The molecular formula is C25H33FN4O. The van der Waals surface area contributed by atoms with Gasteiger partial charge in [0.2, 0.25) is 0 Å². The summed E-state index contributed by atoms with van der Waals surface area (Å²) < 4.78 is 14.1. The molecule has 0 atom stereocenters. The van der Waals surface area contributed by atoms with Crippen LogP contribution in [0.2, 0.25) is 0 Å². The van der Waals surface area contributed by atoms with Gasteiger partial charge in [0, 0.05) is 44.4 Å². The van der Waals surface area contributed by atoms with Crippen molar-refractivity contribution >= 4 is 23.1 Å². The van der Waals surface area contributed by atoms with Gasteiger partial charge in [0.1, 0.15) is 5.83 Å². The molecule has 0 saturated carbocycles. The third-order valence-electron chi connectivity index (χ3n) is 5.92. The Morgan fingerprint density at radius 3 is 2.58 bits per heavy atom. The zero-order chi connectivity index (χ0) is 22.4. The van der Waals surface area contributed by atoms with Crippen LogP contribution in [0.25, 0.3) is 5.57 Å². The standard InChI is InChI=1S/C25H33FN4O/c1-5-20-21(8-7-9-23(20)26)24(31)29-19-12-10-18(11-13-19)22-16-30(15-14-17(22)3)25(27-4)28-6-2/h8,10-13H,5-7,9,14-16H2,1-4H3,(H,27,28)(H,29,31). The summed E-state index contributed by atoms with van der Waals surface area (Å²) in [5, 5.41) is 6.26. The third-order valence-corrected chi connectivity index (χ3v) is 5.92. The van der Waals surface area contributed by atoms with Gasteiger partial charge in [0.15, 0.2) is 5.96 Å². The number of rotatable bonds is 5. The number of anilines is 1. The van der Waals surface area contributed by atoms with E-state index >= 15 is 0 Å². The zero-order valence-electron chi connectivity index (χ0n) is 19.0. The molecular weight excluding hydrogens is 391 g/mol. The first-order valence-corrected chi connectivity index (χ1v) is 11.1. The molecule has 0 aromatic heterocycles. The Morgan fingerprint density at radius 1 is 1.19 bits per heavy atom. The lowest BCUT2D eigenvalue weighted by atomic mass is 9.93. The van der Waals surface area contributed by atoms with Gasteiger partial charge in [-0.1, -0.05) is 30.7 Å². The van der Waals surface area contributed by atoms with Crippen molar-refractivity contribution in [3.05, 3.63) is 58.5 Å². The Morgan fingerprint density at radius 2 is 1.94 bits per heavy atom. The van der Waals surface area contributed by atoms with Crippen molar-refractivity contribution in [2.45, 2.75) is 46.5 Å². The largest absolute Gasteiger partial charge is 0.357 e. The van der Waals surface area contributed by atoms with Gasteiger partial charge >= 0.3 is 0 Å². The quantitative estimate of drug-likeness (QED) is 0.513. The van der Waals surface area contributed by atoms with Crippen molar-refractivity contribution in [2.75, 3.05) is 32.0 Å². The Balaban J connectivity index is 1.72. The summed E-state index contributed by atoms with van der Waals surface area (Å²) in [6.07, 6.45) is 4.30. The van der Waals surface area contributed by atoms with Crippen LogP contribution in [0.5, 0.6) is 0 Å². The van der Waals surface area contributed by atoms with Gasteiger partial charge < -0.3 is 15.5 Å². The number of halogens is 1. The molecule has 1 aliphatic heterocycles. The van der Waals surface area contributed by atoms with Crippen LogP contribution in [-0.2, 0) is 4.79 Å². The average Bonchev–Trinajstić information content (AvgIpc) is 2.78. The van der Waals surface area contributed by atoms with Crippen LogP contribution >= 0.6 is 0 Å². The number of benzene rings is 1. The molecule has 0 radical (unpaired) electrons. The maximum Gasteiger partial charge on any atom is 0.255 e. The second kappa shape index (κ2) is 10.4. The molecule has 1 amide bonds. The van der Waals surface area contributed by atoms with E-state index in [2.05, 4.69) is 34.4 Å². The number of nitrogens with one attached hydrogen (secondary N) is 2. The predicted molar refractivity (Wildman–Crippen MR) is 127 cm³/mol. The number of hydrogen-bond acceptors (Lipinski definition) is 2. The summed E-state index contributed by atoms with van der Waals surface area (Å²) in [4.78, 5) is 19.4. The minimum Gasteiger partial charge on any atom is -0.357 e. The van der Waals surface area contributed by atoms with E-state index in [0.717, 1.165) is 37.6 Å². The first kappa shape index (κ1) is 22.8. The Bertz CT molecular complexity index is 941. The summed E-state index contributed by atoms with van der Waals surface area (Å²) >= 11 is 0. The number of hydrogen-bond donors (Lipinski definition) is 2. The SMILES string of the molecule is CCNC(=NC)N1CCC(C)=C(c2ccc(NC(=O)C3=CCCC(F)=C3CC)cc2)C1. The van der Waals surface area contributed by atoms with E-state index in [1.807, 2.05) is 44.3 Å². The first-order chi connectivity index (χ1) is 15.0. The van der Waals surface area contributed by atoms with Crippen molar-refractivity contribution in [1.82, 2.24) is 10.2 Å². The smallest absolute Gasteiger partial charge is 0.255 e. The van der Waals surface area contributed by atoms with E-state index in [9.17, 15) is 9.18 Å². The van der Waals surface area contributed by atoms with Crippen LogP contribution in [0.4, 0.5) is 10.1 Å². The highest BCUT2D eigenvalue weighted by Crippen LogP contribution is 2.30. The Hall–Kier alpha value is -2.89. The van der Waals surface area contributed by atoms with Gasteiger partial charge in [-0.2, -0.15) is 0 Å². The predicted octanol–water partition coefficient (Wildman–Crippen LogP) is 5.05. The monoisotopic (exact) mass is 424 g/mol. The molecule has 3 rings (SSSR count). The van der Waals surface area contributed by atoms with Gasteiger partial charge in [-0.05, 0) is 62.0 Å². The Kier molecular flexibility index (Phi) is 7.66. The van der Waals surface area contributed by atoms with E-state index in [1.54, 1.807) is 0 Å². The minimum absolute atomic E-state index is 0.165. The van der Waals surface area contributed by atoms with Crippen LogP contribution in [0.15, 0.2) is 57.9 Å². The normalized spacial score (nSPS) is 17.6. The Labute approximate surface area is 184 Å². The second-order valence-electron chi connectivity index (χ2n) is 7.93. The molecule has 0 saturated heterocycles. The maximum atomic E-state index is 14.1. The molecule has 1 aromatic carbocycles. The first-order valence-electron chi connectivity index (χ1n) is 11.1. The van der Waals surface area contributed by atoms with Crippen LogP contribution in [-0.4, -0.2) is 43.4 Å². The molecule has 0 fully saturated rings. The van der Waals surface area contributed by atoms with Gasteiger partial charge in [-0.25, -0.2) is 4.39 Å². The van der Waals surface area contributed by atoms with E-state index in [0.29, 0.717) is 36.1 Å². The molecule has 1 aliphatic carbocycles.